The molecule has 4 N–H and O–H groups in total. The fourth-order valence-electron chi connectivity index (χ4n) is 5.08. The second-order valence-electron chi connectivity index (χ2n) is 10.1. The van der Waals surface area contributed by atoms with Crippen LogP contribution in [-0.2, 0) is 4.79 Å². The van der Waals surface area contributed by atoms with E-state index in [1.807, 2.05) is 13.0 Å². The molecule has 3 aromatic carbocycles. The van der Waals surface area contributed by atoms with Crippen LogP contribution in [0.3, 0.4) is 0 Å². The molecule has 4 aromatic rings. The molecule has 1 heterocycles. The third-order valence-corrected chi connectivity index (χ3v) is 7.36. The Morgan fingerprint density at radius 1 is 1.05 bits per heavy atom. The van der Waals surface area contributed by atoms with E-state index in [1.54, 1.807) is 42.5 Å². The molecule has 0 saturated heterocycles. The van der Waals surface area contributed by atoms with Crippen LogP contribution in [0, 0.1) is 5.82 Å². The van der Waals surface area contributed by atoms with Gasteiger partial charge in [0.1, 0.15) is 22.9 Å². The predicted molar refractivity (Wildman–Crippen MR) is 159 cm³/mol. The highest BCUT2D eigenvalue weighted by molar-refractivity contribution is 6.12. The number of allylic oxidation sites excluding steroid dienone is 1. The third kappa shape index (κ3) is 5.41. The summed E-state index contributed by atoms with van der Waals surface area (Å²) in [6.07, 6.45) is 5.32. The number of hydrogen-bond acceptors (Lipinski definition) is 5. The van der Waals surface area contributed by atoms with E-state index in [4.69, 9.17) is 14.9 Å². The number of fused-ring (bicyclic) bond motifs is 1. The Hall–Kier alpha value is -5.18. The van der Waals surface area contributed by atoms with Crippen LogP contribution in [0.25, 0.3) is 33.4 Å². The Morgan fingerprint density at radius 2 is 1.76 bits per heavy atom. The van der Waals surface area contributed by atoms with Crippen LogP contribution < -0.4 is 21.1 Å². The monoisotopic (exact) mass is 567 g/mol. The van der Waals surface area contributed by atoms with Gasteiger partial charge in [0.05, 0.1) is 11.1 Å². The first-order chi connectivity index (χ1) is 20.2. The Balaban J connectivity index is 1.61. The summed E-state index contributed by atoms with van der Waals surface area (Å²) in [6, 6.07) is 15.8. The van der Waals surface area contributed by atoms with Crippen molar-refractivity contribution in [1.29, 1.82) is 0 Å². The summed E-state index contributed by atoms with van der Waals surface area (Å²) in [5, 5.41) is 6.28. The van der Waals surface area contributed by atoms with Crippen LogP contribution in [0.4, 0.5) is 4.39 Å². The van der Waals surface area contributed by atoms with Gasteiger partial charge >= 0.3 is 0 Å². The maximum atomic E-state index is 13.6. The lowest BCUT2D eigenvalue weighted by Gasteiger charge is -2.19. The second kappa shape index (κ2) is 11.4. The lowest BCUT2D eigenvalue weighted by Crippen LogP contribution is -2.38. The van der Waals surface area contributed by atoms with E-state index in [9.17, 15) is 18.8 Å². The van der Waals surface area contributed by atoms with Crippen molar-refractivity contribution in [3.63, 3.8) is 0 Å². The number of benzene rings is 3. The van der Waals surface area contributed by atoms with Crippen molar-refractivity contribution in [2.45, 2.75) is 25.3 Å². The van der Waals surface area contributed by atoms with Crippen molar-refractivity contribution in [3.05, 3.63) is 102 Å². The summed E-state index contributed by atoms with van der Waals surface area (Å²) in [5.41, 5.74) is 8.59. The molecule has 5 rings (SSSR count). The number of ether oxygens (including phenoxy) is 1. The highest BCUT2D eigenvalue weighted by Crippen LogP contribution is 2.43. The van der Waals surface area contributed by atoms with Crippen molar-refractivity contribution < 1.29 is 27.9 Å². The van der Waals surface area contributed by atoms with Gasteiger partial charge in [0.15, 0.2) is 6.61 Å². The molecule has 42 heavy (non-hydrogen) atoms. The molecule has 1 aliphatic carbocycles. The minimum atomic E-state index is -0.655. The largest absolute Gasteiger partial charge is 0.483 e. The second-order valence-corrected chi connectivity index (χ2v) is 10.1. The summed E-state index contributed by atoms with van der Waals surface area (Å²) in [4.78, 5) is 37.9. The molecule has 1 aromatic heterocycles. The minimum absolute atomic E-state index is 0.272. The smallest absolute Gasteiger partial charge is 0.255 e. The zero-order chi connectivity index (χ0) is 30.0. The van der Waals surface area contributed by atoms with E-state index < -0.39 is 17.3 Å². The number of carbonyl (C=O) groups is 3. The topological polar surface area (TPSA) is 124 Å². The lowest BCUT2D eigenvalue weighted by molar-refractivity contribution is -0.119. The van der Waals surface area contributed by atoms with Gasteiger partial charge in [-0.2, -0.15) is 0 Å². The lowest BCUT2D eigenvalue weighted by atomic mass is 9.97. The van der Waals surface area contributed by atoms with E-state index in [0.717, 1.165) is 18.4 Å². The molecule has 0 bridgehead atoms. The van der Waals surface area contributed by atoms with Crippen LogP contribution in [0.5, 0.6) is 5.75 Å². The number of amides is 3. The Morgan fingerprint density at radius 3 is 2.38 bits per heavy atom. The zero-order valence-corrected chi connectivity index (χ0v) is 23.3. The Labute approximate surface area is 242 Å². The van der Waals surface area contributed by atoms with Crippen LogP contribution >= 0.6 is 0 Å². The average molecular weight is 568 g/mol. The summed E-state index contributed by atoms with van der Waals surface area (Å²) < 4.78 is 25.4. The maximum absolute atomic E-state index is 13.6. The Bertz CT molecular complexity index is 1750. The SMILES string of the molecule is C=C/C(=C\C)C1(NC(=O)c2ccc(OCC(N)=O)c(-c3ccc4oc(-c5ccc(F)cc5)c(C(=O)NC)c4c3)c2)CC1. The van der Waals surface area contributed by atoms with Crippen LogP contribution in [-0.4, -0.2) is 36.9 Å². The first-order valence-electron chi connectivity index (χ1n) is 13.4. The van der Waals surface area contributed by atoms with Crippen LogP contribution in [0.1, 0.15) is 40.5 Å². The number of rotatable bonds is 10. The van der Waals surface area contributed by atoms with Crippen LogP contribution in [0.2, 0.25) is 0 Å². The fraction of sp³-hybridized carbons (Fsp3) is 0.182. The molecule has 3 amide bonds. The number of nitrogens with one attached hydrogen (secondary N) is 2. The van der Waals surface area contributed by atoms with Gasteiger partial charge in [0.25, 0.3) is 17.7 Å². The van der Waals surface area contributed by atoms with E-state index in [0.29, 0.717) is 39.0 Å². The van der Waals surface area contributed by atoms with E-state index in [1.165, 1.54) is 31.3 Å². The highest BCUT2D eigenvalue weighted by atomic mass is 19.1. The molecule has 0 unspecified atom stereocenters. The van der Waals surface area contributed by atoms with Crippen molar-refractivity contribution in [1.82, 2.24) is 10.6 Å². The highest BCUT2D eigenvalue weighted by Gasteiger charge is 2.46. The van der Waals surface area contributed by atoms with Gasteiger partial charge in [-0.3, -0.25) is 14.4 Å². The molecule has 0 spiro atoms. The summed E-state index contributed by atoms with van der Waals surface area (Å²) in [6.45, 7) is 5.41. The first kappa shape index (κ1) is 28.4. The summed E-state index contributed by atoms with van der Waals surface area (Å²) in [7, 11) is 1.51. The first-order valence-corrected chi connectivity index (χ1v) is 13.4. The average Bonchev–Trinajstić information content (AvgIpc) is 3.66. The van der Waals surface area contributed by atoms with Gasteiger partial charge in [-0.1, -0.05) is 24.8 Å². The number of hydrogen-bond donors (Lipinski definition) is 3. The number of halogens is 1. The molecule has 214 valence electrons. The van der Waals surface area contributed by atoms with Crippen molar-refractivity contribution in [3.8, 4) is 28.2 Å². The molecule has 0 atom stereocenters. The van der Waals surface area contributed by atoms with Gasteiger partial charge in [-0.25, -0.2) is 4.39 Å². The zero-order valence-electron chi connectivity index (χ0n) is 23.3. The van der Waals surface area contributed by atoms with E-state index >= 15 is 0 Å². The van der Waals surface area contributed by atoms with Gasteiger partial charge in [-0.15, -0.1) is 0 Å². The number of nitrogens with two attached hydrogens (primary N) is 1. The van der Waals surface area contributed by atoms with Crippen LogP contribution in [0.15, 0.2) is 89.4 Å². The standard InChI is InChI=1S/C33H30FN3O5/c1-4-22(5-2)33(14-15-33)37-31(39)21-9-12-26(41-18-28(35)38)24(17-21)20-8-13-27-25(16-20)29(32(40)36-3)30(42-27)19-6-10-23(34)11-7-19/h4-13,16-17H,1,14-15,18H2,2-3H3,(H2,35,38)(H,36,40)(H,37,39)/b22-5+. The molecule has 0 aliphatic heterocycles. The molecule has 0 radical (unpaired) electrons. The van der Waals surface area contributed by atoms with Gasteiger partial charge in [0, 0.05) is 29.1 Å². The Kier molecular flexibility index (Phi) is 7.67. The van der Waals surface area contributed by atoms with E-state index in [-0.39, 0.29) is 29.7 Å². The van der Waals surface area contributed by atoms with Crippen molar-refractivity contribution >= 4 is 28.7 Å². The fourth-order valence-corrected chi connectivity index (χ4v) is 5.08. The van der Waals surface area contributed by atoms with E-state index in [2.05, 4.69) is 17.2 Å². The number of carbonyl (C=O) groups excluding carboxylic acids is 3. The predicted octanol–water partition coefficient (Wildman–Crippen LogP) is 5.52. The quantitative estimate of drug-likeness (QED) is 0.218. The molecule has 9 heteroatoms. The van der Waals surface area contributed by atoms with Gasteiger partial charge in [-0.05, 0) is 85.5 Å². The molecule has 1 saturated carbocycles. The molecule has 1 fully saturated rings. The maximum Gasteiger partial charge on any atom is 0.255 e. The molecular weight excluding hydrogens is 537 g/mol. The summed E-state index contributed by atoms with van der Waals surface area (Å²) in [5.74, 6) is -1.11. The molecule has 1 aliphatic rings. The number of furan rings is 1. The molecule has 8 nitrogen and oxygen atoms in total. The number of primary amides is 1. The van der Waals surface area contributed by atoms with Crippen molar-refractivity contribution in [2.75, 3.05) is 13.7 Å². The van der Waals surface area contributed by atoms with Gasteiger partial charge < -0.3 is 25.5 Å². The van der Waals surface area contributed by atoms with Gasteiger partial charge in [0.2, 0.25) is 0 Å². The third-order valence-electron chi connectivity index (χ3n) is 7.36. The minimum Gasteiger partial charge on any atom is -0.483 e. The summed E-state index contributed by atoms with van der Waals surface area (Å²) >= 11 is 0. The normalized spacial score (nSPS) is 13.8. The molecular formula is C33H30FN3O5. The van der Waals surface area contributed by atoms with Crippen molar-refractivity contribution in [2.24, 2.45) is 5.73 Å².